The van der Waals surface area contributed by atoms with Crippen molar-refractivity contribution >= 4 is 22.7 Å². The monoisotopic (exact) mass is 361 g/mol. The quantitative estimate of drug-likeness (QED) is 0.345. The van der Waals surface area contributed by atoms with Gasteiger partial charge in [0.2, 0.25) is 0 Å². The van der Waals surface area contributed by atoms with Crippen molar-refractivity contribution < 1.29 is 4.74 Å². The summed E-state index contributed by atoms with van der Waals surface area (Å²) in [7, 11) is 0. The lowest BCUT2D eigenvalue weighted by molar-refractivity contribution is 0.361. The maximum atomic E-state index is 6.18. The summed E-state index contributed by atoms with van der Waals surface area (Å²) in [6, 6.07) is 29.1. The highest BCUT2D eigenvalue weighted by Gasteiger charge is 2.14. The molecule has 0 aliphatic rings. The topological polar surface area (TPSA) is 9.23 Å². The van der Waals surface area contributed by atoms with E-state index in [1.165, 1.54) is 22.3 Å². The molecule has 26 heavy (non-hydrogen) atoms. The van der Waals surface area contributed by atoms with Crippen molar-refractivity contribution in [3.8, 4) is 5.75 Å². The van der Waals surface area contributed by atoms with Gasteiger partial charge >= 0.3 is 0 Å². The molecule has 0 bridgehead atoms. The molecule has 0 heterocycles. The number of benzene rings is 3. The Morgan fingerprint density at radius 3 is 2.00 bits per heavy atom. The van der Waals surface area contributed by atoms with Gasteiger partial charge < -0.3 is 4.74 Å². The molecule has 0 aliphatic heterocycles. The van der Waals surface area contributed by atoms with E-state index in [1.807, 2.05) is 24.3 Å². The highest BCUT2D eigenvalue weighted by molar-refractivity contribution is 6.18. The van der Waals surface area contributed by atoms with E-state index >= 15 is 0 Å². The zero-order valence-corrected chi connectivity index (χ0v) is 15.5. The van der Waals surface area contributed by atoms with Crippen molar-refractivity contribution in [2.24, 2.45) is 0 Å². The number of alkyl halides is 1. The van der Waals surface area contributed by atoms with Crippen molar-refractivity contribution in [3.05, 3.63) is 109 Å². The molecule has 0 spiro atoms. The van der Waals surface area contributed by atoms with Gasteiger partial charge in [-0.05, 0) is 53.3 Å². The summed E-state index contributed by atoms with van der Waals surface area (Å²) in [6.45, 7) is 4.18. The van der Waals surface area contributed by atoms with Gasteiger partial charge in [-0.3, -0.25) is 0 Å². The van der Waals surface area contributed by atoms with E-state index in [4.69, 9.17) is 16.3 Å². The van der Waals surface area contributed by atoms with Crippen molar-refractivity contribution in [1.29, 1.82) is 0 Å². The number of halogens is 1. The smallest absolute Gasteiger partial charge is 0.119 e. The maximum Gasteiger partial charge on any atom is 0.119 e. The van der Waals surface area contributed by atoms with E-state index in [9.17, 15) is 0 Å². The summed E-state index contributed by atoms with van der Waals surface area (Å²) < 4.78 is 5.62. The zero-order chi connectivity index (χ0) is 18.2. The van der Waals surface area contributed by atoms with E-state index < -0.39 is 0 Å². The molecule has 0 fully saturated rings. The SMILES string of the molecule is [CH2]COc1cccc(C(=C(CCCl)c2ccccc2)c2ccccc2)c1. The van der Waals surface area contributed by atoms with E-state index in [0.717, 1.165) is 17.7 Å². The minimum atomic E-state index is 0.404. The molecule has 3 aromatic rings. The number of allylic oxidation sites excluding steroid dienone is 1. The largest absolute Gasteiger partial charge is 0.494 e. The van der Waals surface area contributed by atoms with E-state index in [1.54, 1.807) is 0 Å². The normalized spacial score (nSPS) is 11.8. The maximum absolute atomic E-state index is 6.18. The molecular weight excluding hydrogens is 340 g/mol. The first-order valence-electron chi connectivity index (χ1n) is 8.76. The van der Waals surface area contributed by atoms with Gasteiger partial charge in [0.1, 0.15) is 5.75 Å². The molecule has 131 valence electrons. The summed E-state index contributed by atoms with van der Waals surface area (Å²) in [4.78, 5) is 0. The number of hydrogen-bond acceptors (Lipinski definition) is 1. The van der Waals surface area contributed by atoms with Gasteiger partial charge in [0.25, 0.3) is 0 Å². The lowest BCUT2D eigenvalue weighted by Gasteiger charge is -2.17. The highest BCUT2D eigenvalue weighted by atomic mass is 35.5. The van der Waals surface area contributed by atoms with Crippen LogP contribution < -0.4 is 4.74 Å². The van der Waals surface area contributed by atoms with Crippen molar-refractivity contribution in [1.82, 2.24) is 0 Å². The van der Waals surface area contributed by atoms with Gasteiger partial charge in [-0.15, -0.1) is 11.6 Å². The first-order valence-corrected chi connectivity index (χ1v) is 9.29. The Morgan fingerprint density at radius 1 is 0.769 bits per heavy atom. The Hall–Kier alpha value is -2.51. The average Bonchev–Trinajstić information content (AvgIpc) is 2.70. The van der Waals surface area contributed by atoms with Crippen molar-refractivity contribution in [3.63, 3.8) is 0 Å². The van der Waals surface area contributed by atoms with Gasteiger partial charge in [0.05, 0.1) is 6.61 Å². The zero-order valence-electron chi connectivity index (χ0n) is 14.7. The second-order valence-corrected chi connectivity index (χ2v) is 6.28. The van der Waals surface area contributed by atoms with Crippen LogP contribution in [-0.2, 0) is 0 Å². The average molecular weight is 362 g/mol. The Balaban J connectivity index is 2.24. The number of rotatable bonds is 7. The molecule has 3 rings (SSSR count). The molecule has 0 saturated carbocycles. The fourth-order valence-electron chi connectivity index (χ4n) is 3.13. The first kappa shape index (κ1) is 18.3. The molecule has 0 N–H and O–H groups in total. The van der Waals surface area contributed by atoms with Crippen LogP contribution in [0.2, 0.25) is 0 Å². The molecule has 0 unspecified atom stereocenters. The Morgan fingerprint density at radius 2 is 1.38 bits per heavy atom. The van der Waals surface area contributed by atoms with E-state index in [0.29, 0.717) is 12.5 Å². The van der Waals surface area contributed by atoms with Crippen LogP contribution in [0, 0.1) is 6.92 Å². The van der Waals surface area contributed by atoms with Crippen LogP contribution in [0.3, 0.4) is 0 Å². The molecular formula is C24H22ClO. The third-order valence-electron chi connectivity index (χ3n) is 4.22. The van der Waals surface area contributed by atoms with Crippen molar-refractivity contribution in [2.75, 3.05) is 12.5 Å². The van der Waals surface area contributed by atoms with Crippen LogP contribution >= 0.6 is 11.6 Å². The van der Waals surface area contributed by atoms with Gasteiger partial charge in [-0.1, -0.05) is 72.8 Å². The van der Waals surface area contributed by atoms with E-state index in [-0.39, 0.29) is 0 Å². The molecule has 1 radical (unpaired) electrons. The Labute approximate surface area is 160 Å². The molecule has 0 saturated heterocycles. The Kier molecular flexibility index (Phi) is 6.51. The van der Waals surface area contributed by atoms with Gasteiger partial charge in [-0.2, -0.15) is 0 Å². The molecule has 2 heteroatoms. The molecule has 1 nitrogen and oxygen atoms in total. The fraction of sp³-hybridized carbons (Fsp3) is 0.125. The van der Waals surface area contributed by atoms with E-state index in [2.05, 4.69) is 67.6 Å². The predicted molar refractivity (Wildman–Crippen MR) is 111 cm³/mol. The van der Waals surface area contributed by atoms with Gasteiger partial charge in [0.15, 0.2) is 0 Å². The Bertz CT molecular complexity index is 854. The highest BCUT2D eigenvalue weighted by Crippen LogP contribution is 2.35. The van der Waals surface area contributed by atoms with Crippen LogP contribution in [0.4, 0.5) is 0 Å². The summed E-state index contributed by atoms with van der Waals surface area (Å²) in [5.74, 6) is 1.39. The van der Waals surface area contributed by atoms with Gasteiger partial charge in [0, 0.05) is 5.88 Å². The minimum absolute atomic E-state index is 0.404. The third kappa shape index (κ3) is 4.36. The molecule has 3 aromatic carbocycles. The second-order valence-electron chi connectivity index (χ2n) is 5.90. The lowest BCUT2D eigenvalue weighted by Crippen LogP contribution is -1.98. The standard InChI is InChI=1S/C24H22ClO/c1-2-26-22-15-9-14-21(18-22)24(20-12-7-4-8-13-20)23(16-17-25)19-10-5-3-6-11-19/h3-15,18H,1-2,16-17H2. The first-order chi connectivity index (χ1) is 12.8. The van der Waals surface area contributed by atoms with Gasteiger partial charge in [-0.25, -0.2) is 0 Å². The predicted octanol–water partition coefficient (Wildman–Crippen LogP) is 6.49. The fourth-order valence-corrected chi connectivity index (χ4v) is 3.32. The lowest BCUT2D eigenvalue weighted by atomic mass is 9.88. The summed E-state index contributed by atoms with van der Waals surface area (Å²) in [5, 5.41) is 0. The second kappa shape index (κ2) is 9.26. The van der Waals surface area contributed by atoms with Crippen LogP contribution in [0.25, 0.3) is 11.1 Å². The molecule has 0 aliphatic carbocycles. The van der Waals surface area contributed by atoms with Crippen molar-refractivity contribution in [2.45, 2.75) is 6.42 Å². The third-order valence-corrected chi connectivity index (χ3v) is 4.41. The summed E-state index contributed by atoms with van der Waals surface area (Å²) >= 11 is 6.18. The van der Waals surface area contributed by atoms with Crippen LogP contribution in [-0.4, -0.2) is 12.5 Å². The molecule has 0 atom stereocenters. The molecule has 0 aromatic heterocycles. The summed E-state index contributed by atoms with van der Waals surface area (Å²) in [6.07, 6.45) is 0.788. The van der Waals surface area contributed by atoms with Crippen LogP contribution in [0.5, 0.6) is 5.75 Å². The van der Waals surface area contributed by atoms with Crippen LogP contribution in [0.15, 0.2) is 84.9 Å². The number of hydrogen-bond donors (Lipinski definition) is 0. The minimum Gasteiger partial charge on any atom is -0.494 e. The summed E-state index contributed by atoms with van der Waals surface area (Å²) in [5.41, 5.74) is 5.90. The van der Waals surface area contributed by atoms with Crippen LogP contribution in [0.1, 0.15) is 23.1 Å². The molecule has 0 amide bonds. The number of ether oxygens (including phenoxy) is 1.